The fraction of sp³-hybridized carbons (Fsp3) is 0.125. The second kappa shape index (κ2) is 7.06. The van der Waals surface area contributed by atoms with Crippen molar-refractivity contribution in [2.75, 3.05) is 17.7 Å². The number of amides is 1. The van der Waals surface area contributed by atoms with E-state index >= 15 is 0 Å². The Morgan fingerprint density at radius 2 is 1.43 bits per heavy atom. The average molecular weight is 331 g/mol. The molecule has 0 fully saturated rings. The van der Waals surface area contributed by atoms with Crippen molar-refractivity contribution in [2.24, 2.45) is 4.99 Å². The molecule has 120 valence electrons. The predicted molar refractivity (Wildman–Crippen MR) is 90.7 cm³/mol. The molecular formula is C16H17N3O3S. The molecule has 2 aromatic rings. The number of carbonyl (C=O) groups excluding carboxylic acids is 1. The third-order valence-corrected chi connectivity index (χ3v) is 5.00. The summed E-state index contributed by atoms with van der Waals surface area (Å²) in [5.41, 5.74) is 1.30. The first-order valence-electron chi connectivity index (χ1n) is 6.83. The number of carbonyl (C=O) groups is 1. The molecule has 0 aromatic heterocycles. The molecule has 0 radical (unpaired) electrons. The van der Waals surface area contributed by atoms with Gasteiger partial charge in [0.05, 0.1) is 15.6 Å². The first-order valence-corrected chi connectivity index (χ1v) is 8.31. The number of nitrogens with zero attached hydrogens (tertiary/aromatic N) is 1. The van der Waals surface area contributed by atoms with E-state index in [0.717, 1.165) is 11.5 Å². The summed E-state index contributed by atoms with van der Waals surface area (Å²) in [6.45, 7) is 1.82. The lowest BCUT2D eigenvalue weighted by atomic mass is 10.3. The van der Waals surface area contributed by atoms with Crippen LogP contribution in [0.4, 0.5) is 11.4 Å². The van der Waals surface area contributed by atoms with Crippen LogP contribution in [0.2, 0.25) is 0 Å². The van der Waals surface area contributed by atoms with E-state index in [2.05, 4.69) is 15.6 Å². The van der Waals surface area contributed by atoms with Crippen molar-refractivity contribution in [3.8, 4) is 0 Å². The maximum Gasteiger partial charge on any atom is 0.211 e. The lowest BCUT2D eigenvalue weighted by Crippen LogP contribution is -2.07. The molecule has 0 saturated carbocycles. The average Bonchev–Trinajstić information content (AvgIpc) is 2.56. The van der Waals surface area contributed by atoms with E-state index in [9.17, 15) is 13.2 Å². The third-order valence-electron chi connectivity index (χ3n) is 3.22. The topological polar surface area (TPSA) is 87.6 Å². The molecule has 6 nitrogen and oxygen atoms in total. The molecule has 0 spiro atoms. The lowest BCUT2D eigenvalue weighted by molar-refractivity contribution is -0.105. The standard InChI is InChI=1S/C16H17N3O3S/c1-12(17-2)19-14-5-9-16(10-6-14)23(21,22)15-7-3-13(4-8-15)18-11-20/h3-11H,1-2H3,(H,17,19)(H,18,20). The minimum atomic E-state index is -3.60. The summed E-state index contributed by atoms with van der Waals surface area (Å²) in [4.78, 5) is 14.7. The molecule has 0 aliphatic rings. The lowest BCUT2D eigenvalue weighted by Gasteiger charge is -2.08. The summed E-state index contributed by atoms with van der Waals surface area (Å²) in [5, 5.41) is 5.51. The highest BCUT2D eigenvalue weighted by Gasteiger charge is 2.17. The molecular weight excluding hydrogens is 314 g/mol. The second-order valence-corrected chi connectivity index (χ2v) is 6.70. The van der Waals surface area contributed by atoms with Crippen LogP contribution < -0.4 is 10.6 Å². The van der Waals surface area contributed by atoms with Crippen LogP contribution in [-0.2, 0) is 14.6 Å². The van der Waals surface area contributed by atoms with Gasteiger partial charge in [0.25, 0.3) is 0 Å². The van der Waals surface area contributed by atoms with E-state index in [1.54, 1.807) is 19.2 Å². The third kappa shape index (κ3) is 3.95. The van der Waals surface area contributed by atoms with Gasteiger partial charge in [-0.3, -0.25) is 9.79 Å². The number of anilines is 2. The normalized spacial score (nSPS) is 11.8. The number of hydrogen-bond acceptors (Lipinski definition) is 4. The molecule has 0 aliphatic heterocycles. The Labute approximate surface area is 135 Å². The van der Waals surface area contributed by atoms with E-state index in [1.165, 1.54) is 36.4 Å². The SMILES string of the molecule is C/N=C(\C)Nc1ccc(S(=O)(=O)c2ccc(NC=O)cc2)cc1. The second-order valence-electron chi connectivity index (χ2n) is 4.75. The van der Waals surface area contributed by atoms with E-state index in [1.807, 2.05) is 6.92 Å². The van der Waals surface area contributed by atoms with Gasteiger partial charge in [0, 0.05) is 18.4 Å². The highest BCUT2D eigenvalue weighted by atomic mass is 32.2. The smallest absolute Gasteiger partial charge is 0.211 e. The monoisotopic (exact) mass is 331 g/mol. The van der Waals surface area contributed by atoms with Crippen LogP contribution in [0.5, 0.6) is 0 Å². The molecule has 0 aliphatic carbocycles. The molecule has 0 atom stereocenters. The van der Waals surface area contributed by atoms with Crippen molar-refractivity contribution in [1.29, 1.82) is 0 Å². The zero-order chi connectivity index (χ0) is 16.9. The van der Waals surface area contributed by atoms with Gasteiger partial charge in [0.15, 0.2) is 0 Å². The van der Waals surface area contributed by atoms with Crippen LogP contribution in [0.3, 0.4) is 0 Å². The van der Waals surface area contributed by atoms with Gasteiger partial charge >= 0.3 is 0 Å². The molecule has 2 N–H and O–H groups in total. The number of hydrogen-bond donors (Lipinski definition) is 2. The van der Waals surface area contributed by atoms with E-state index in [-0.39, 0.29) is 9.79 Å². The number of nitrogens with one attached hydrogen (secondary N) is 2. The highest BCUT2D eigenvalue weighted by molar-refractivity contribution is 7.91. The quantitative estimate of drug-likeness (QED) is 0.501. The molecule has 2 rings (SSSR count). The van der Waals surface area contributed by atoms with Crippen LogP contribution in [-0.4, -0.2) is 27.7 Å². The molecule has 1 amide bonds. The number of aliphatic imine (C=N–C) groups is 1. The Hall–Kier alpha value is -2.67. The summed E-state index contributed by atoms with van der Waals surface area (Å²) >= 11 is 0. The Morgan fingerprint density at radius 3 is 1.87 bits per heavy atom. The van der Waals surface area contributed by atoms with Gasteiger partial charge < -0.3 is 10.6 Å². The van der Waals surface area contributed by atoms with Gasteiger partial charge in [-0.15, -0.1) is 0 Å². The number of amidine groups is 1. The Kier molecular flexibility index (Phi) is 5.13. The van der Waals surface area contributed by atoms with Gasteiger partial charge in [0.2, 0.25) is 16.2 Å². The van der Waals surface area contributed by atoms with Crippen molar-refractivity contribution in [3.63, 3.8) is 0 Å². The Morgan fingerprint density at radius 1 is 0.957 bits per heavy atom. The summed E-state index contributed by atoms with van der Waals surface area (Å²) in [6, 6.07) is 12.4. The first-order chi connectivity index (χ1) is 11.0. The zero-order valence-electron chi connectivity index (χ0n) is 12.8. The van der Waals surface area contributed by atoms with Crippen molar-refractivity contribution in [3.05, 3.63) is 48.5 Å². The van der Waals surface area contributed by atoms with Crippen LogP contribution in [0, 0.1) is 0 Å². The number of rotatable bonds is 5. The Bertz CT molecular complexity index is 811. The van der Waals surface area contributed by atoms with Crippen molar-refractivity contribution >= 4 is 33.5 Å². The van der Waals surface area contributed by atoms with Crippen LogP contribution in [0.25, 0.3) is 0 Å². The largest absolute Gasteiger partial charge is 0.344 e. The van der Waals surface area contributed by atoms with Crippen molar-refractivity contribution in [2.45, 2.75) is 16.7 Å². The molecule has 0 bridgehead atoms. The molecule has 0 heterocycles. The molecule has 0 saturated heterocycles. The van der Waals surface area contributed by atoms with E-state index in [0.29, 0.717) is 12.1 Å². The van der Waals surface area contributed by atoms with E-state index < -0.39 is 9.84 Å². The van der Waals surface area contributed by atoms with Crippen molar-refractivity contribution < 1.29 is 13.2 Å². The first kappa shape index (κ1) is 16.7. The maximum atomic E-state index is 12.6. The minimum Gasteiger partial charge on any atom is -0.344 e. The molecule has 0 unspecified atom stereocenters. The summed E-state index contributed by atoms with van der Waals surface area (Å²) < 4.78 is 25.1. The van der Waals surface area contributed by atoms with E-state index in [4.69, 9.17) is 0 Å². The van der Waals surface area contributed by atoms with Gasteiger partial charge in [-0.05, 0) is 55.5 Å². The fourth-order valence-electron chi connectivity index (χ4n) is 1.92. The maximum absolute atomic E-state index is 12.6. The summed E-state index contributed by atoms with van der Waals surface area (Å²) in [5.74, 6) is 0.735. The van der Waals surface area contributed by atoms with Gasteiger partial charge in [0.1, 0.15) is 0 Å². The van der Waals surface area contributed by atoms with Gasteiger partial charge in [-0.1, -0.05) is 0 Å². The van der Waals surface area contributed by atoms with Crippen LogP contribution in [0.15, 0.2) is 63.3 Å². The highest BCUT2D eigenvalue weighted by Crippen LogP contribution is 2.23. The van der Waals surface area contributed by atoms with Gasteiger partial charge in [-0.2, -0.15) is 0 Å². The van der Waals surface area contributed by atoms with Gasteiger partial charge in [-0.25, -0.2) is 8.42 Å². The van der Waals surface area contributed by atoms with Crippen LogP contribution >= 0.6 is 0 Å². The number of benzene rings is 2. The van der Waals surface area contributed by atoms with Crippen molar-refractivity contribution in [1.82, 2.24) is 0 Å². The van der Waals surface area contributed by atoms with Crippen LogP contribution in [0.1, 0.15) is 6.92 Å². The minimum absolute atomic E-state index is 0.168. The molecule has 2 aromatic carbocycles. The predicted octanol–water partition coefficient (Wildman–Crippen LogP) is 2.55. The summed E-state index contributed by atoms with van der Waals surface area (Å²) in [6.07, 6.45) is 0.539. The summed E-state index contributed by atoms with van der Waals surface area (Å²) in [7, 11) is -1.92. The number of sulfone groups is 1. The fourth-order valence-corrected chi connectivity index (χ4v) is 3.18. The molecule has 23 heavy (non-hydrogen) atoms. The zero-order valence-corrected chi connectivity index (χ0v) is 13.6. The molecule has 7 heteroatoms. The Balaban J connectivity index is 2.26.